The van der Waals surface area contributed by atoms with Gasteiger partial charge in [0, 0.05) is 22.8 Å². The van der Waals surface area contributed by atoms with Crippen molar-refractivity contribution >= 4 is 11.6 Å². The van der Waals surface area contributed by atoms with E-state index in [2.05, 4.69) is 4.98 Å². The maximum atomic E-state index is 8.79. The average molecular weight is 288 g/mol. The van der Waals surface area contributed by atoms with E-state index in [1.807, 2.05) is 25.1 Å². The zero-order chi connectivity index (χ0) is 14.5. The summed E-state index contributed by atoms with van der Waals surface area (Å²) in [7, 11) is 0. The summed E-state index contributed by atoms with van der Waals surface area (Å²) < 4.78 is 5.71. The van der Waals surface area contributed by atoms with Crippen LogP contribution in [-0.2, 0) is 13.2 Å². The molecule has 2 N–H and O–H groups in total. The van der Waals surface area contributed by atoms with E-state index in [4.69, 9.17) is 27.3 Å². The Hall–Kier alpha value is -2.09. The van der Waals surface area contributed by atoms with Crippen LogP contribution in [0.15, 0.2) is 30.3 Å². The fourth-order valence-corrected chi connectivity index (χ4v) is 2.00. The molecule has 0 atom stereocenters. The second-order valence-electron chi connectivity index (χ2n) is 4.31. The van der Waals surface area contributed by atoms with Crippen LogP contribution in [0.3, 0.4) is 0 Å². The number of aryl methyl sites for hydroxylation is 1. The van der Waals surface area contributed by atoms with Crippen LogP contribution in [0, 0.1) is 18.3 Å². The number of nitrogens with zero attached hydrogens (tertiary/aromatic N) is 2. The number of halogens is 1. The van der Waals surface area contributed by atoms with Crippen molar-refractivity contribution < 1.29 is 4.74 Å². The van der Waals surface area contributed by atoms with Gasteiger partial charge in [-0.3, -0.25) is 4.98 Å². The number of aromatic nitrogens is 1. The predicted molar refractivity (Wildman–Crippen MR) is 77.4 cm³/mol. The van der Waals surface area contributed by atoms with E-state index in [0.717, 1.165) is 17.0 Å². The lowest BCUT2D eigenvalue weighted by atomic mass is 10.1. The van der Waals surface area contributed by atoms with Gasteiger partial charge in [0.05, 0.1) is 17.3 Å². The van der Waals surface area contributed by atoms with Crippen LogP contribution >= 0.6 is 11.6 Å². The third kappa shape index (κ3) is 3.27. The molecule has 0 saturated heterocycles. The fraction of sp³-hybridized carbons (Fsp3) is 0.200. The van der Waals surface area contributed by atoms with Crippen molar-refractivity contribution in [1.29, 1.82) is 5.26 Å². The molecule has 102 valence electrons. The van der Waals surface area contributed by atoms with E-state index in [9.17, 15) is 0 Å². The molecule has 4 nitrogen and oxygen atoms in total. The minimum atomic E-state index is 0.308. The van der Waals surface area contributed by atoms with Crippen molar-refractivity contribution in [3.8, 4) is 11.8 Å². The van der Waals surface area contributed by atoms with E-state index in [0.29, 0.717) is 29.5 Å². The first kappa shape index (κ1) is 14.3. The molecule has 0 unspecified atom stereocenters. The van der Waals surface area contributed by atoms with Gasteiger partial charge in [-0.25, -0.2) is 0 Å². The first-order chi connectivity index (χ1) is 9.63. The van der Waals surface area contributed by atoms with Gasteiger partial charge in [-0.15, -0.1) is 0 Å². The molecule has 0 bridgehead atoms. The van der Waals surface area contributed by atoms with Gasteiger partial charge in [-0.05, 0) is 31.2 Å². The first-order valence-corrected chi connectivity index (χ1v) is 6.49. The van der Waals surface area contributed by atoms with E-state index < -0.39 is 0 Å². The number of nitriles is 1. The molecular weight excluding hydrogens is 274 g/mol. The summed E-state index contributed by atoms with van der Waals surface area (Å²) in [6.07, 6.45) is 0. The SMILES string of the molecule is Cc1ccc(OCc2ccc(C#N)cc2Cl)c(CN)n1. The zero-order valence-electron chi connectivity index (χ0n) is 11.1. The largest absolute Gasteiger partial charge is 0.487 e. The van der Waals surface area contributed by atoms with Gasteiger partial charge in [-0.1, -0.05) is 17.7 Å². The maximum Gasteiger partial charge on any atom is 0.142 e. The second kappa shape index (κ2) is 6.38. The van der Waals surface area contributed by atoms with Crippen molar-refractivity contribution in [2.24, 2.45) is 5.73 Å². The van der Waals surface area contributed by atoms with Gasteiger partial charge < -0.3 is 10.5 Å². The summed E-state index contributed by atoms with van der Waals surface area (Å²) in [4.78, 5) is 4.33. The summed E-state index contributed by atoms with van der Waals surface area (Å²) >= 11 is 6.10. The molecule has 2 rings (SSSR count). The third-order valence-corrected chi connectivity index (χ3v) is 3.18. The molecule has 1 heterocycles. The molecule has 0 saturated carbocycles. The van der Waals surface area contributed by atoms with Gasteiger partial charge in [0.15, 0.2) is 0 Å². The molecule has 20 heavy (non-hydrogen) atoms. The van der Waals surface area contributed by atoms with Crippen molar-refractivity contribution in [2.75, 3.05) is 0 Å². The average Bonchev–Trinajstić information content (AvgIpc) is 2.46. The van der Waals surface area contributed by atoms with Crippen molar-refractivity contribution in [2.45, 2.75) is 20.1 Å². The minimum absolute atomic E-state index is 0.308. The topological polar surface area (TPSA) is 71.9 Å². The summed E-state index contributed by atoms with van der Waals surface area (Å²) in [5.74, 6) is 0.651. The normalized spacial score (nSPS) is 10.1. The third-order valence-electron chi connectivity index (χ3n) is 2.83. The summed E-state index contributed by atoms with van der Waals surface area (Å²) in [6.45, 7) is 2.53. The van der Waals surface area contributed by atoms with Gasteiger partial charge in [0.2, 0.25) is 0 Å². The van der Waals surface area contributed by atoms with Crippen LogP contribution < -0.4 is 10.5 Å². The van der Waals surface area contributed by atoms with Crippen LogP contribution in [0.1, 0.15) is 22.5 Å². The van der Waals surface area contributed by atoms with Gasteiger partial charge in [0.25, 0.3) is 0 Å². The molecule has 0 fully saturated rings. The van der Waals surface area contributed by atoms with Crippen LogP contribution in [0.25, 0.3) is 0 Å². The van der Waals surface area contributed by atoms with Gasteiger partial charge in [-0.2, -0.15) is 5.26 Å². The lowest BCUT2D eigenvalue weighted by Crippen LogP contribution is -2.06. The molecule has 0 amide bonds. The summed E-state index contributed by atoms with van der Waals surface area (Å²) in [5.41, 5.74) is 8.61. The maximum absolute atomic E-state index is 8.79. The van der Waals surface area contributed by atoms with E-state index in [1.165, 1.54) is 0 Å². The Labute approximate surface area is 122 Å². The molecule has 1 aromatic heterocycles. The molecule has 0 spiro atoms. The minimum Gasteiger partial charge on any atom is -0.487 e. The van der Waals surface area contributed by atoms with Crippen LogP contribution in [0.4, 0.5) is 0 Å². The Morgan fingerprint density at radius 2 is 2.15 bits per heavy atom. The van der Waals surface area contributed by atoms with E-state index in [1.54, 1.807) is 18.2 Å². The van der Waals surface area contributed by atoms with Crippen molar-refractivity contribution in [3.05, 3.63) is 57.9 Å². The predicted octanol–water partition coefficient (Wildman–Crippen LogP) is 2.95. The Kier molecular flexibility index (Phi) is 4.57. The van der Waals surface area contributed by atoms with Crippen LogP contribution in [0.5, 0.6) is 5.75 Å². The standard InChI is InChI=1S/C15H14ClN3O/c1-10-2-5-15(14(8-18)19-10)20-9-12-4-3-11(7-17)6-13(12)16/h2-6H,8-9,18H2,1H3. The highest BCUT2D eigenvalue weighted by Crippen LogP contribution is 2.22. The molecule has 2 aromatic rings. The lowest BCUT2D eigenvalue weighted by Gasteiger charge is -2.11. The molecule has 0 aliphatic carbocycles. The zero-order valence-corrected chi connectivity index (χ0v) is 11.8. The number of hydrogen-bond donors (Lipinski definition) is 1. The number of rotatable bonds is 4. The molecule has 0 radical (unpaired) electrons. The highest BCUT2D eigenvalue weighted by Gasteiger charge is 2.07. The fourth-order valence-electron chi connectivity index (χ4n) is 1.76. The van der Waals surface area contributed by atoms with Crippen LogP contribution in [-0.4, -0.2) is 4.98 Å². The van der Waals surface area contributed by atoms with E-state index >= 15 is 0 Å². The highest BCUT2D eigenvalue weighted by molar-refractivity contribution is 6.31. The van der Waals surface area contributed by atoms with Crippen LogP contribution in [0.2, 0.25) is 5.02 Å². The first-order valence-electron chi connectivity index (χ1n) is 6.12. The Morgan fingerprint density at radius 1 is 1.35 bits per heavy atom. The molecule has 5 heteroatoms. The molecule has 1 aromatic carbocycles. The highest BCUT2D eigenvalue weighted by atomic mass is 35.5. The Morgan fingerprint density at radius 3 is 2.80 bits per heavy atom. The summed E-state index contributed by atoms with van der Waals surface area (Å²) in [6, 6.07) is 10.9. The smallest absolute Gasteiger partial charge is 0.142 e. The van der Waals surface area contributed by atoms with E-state index in [-0.39, 0.29) is 0 Å². The number of ether oxygens (including phenoxy) is 1. The Bertz CT molecular complexity index is 665. The lowest BCUT2D eigenvalue weighted by molar-refractivity contribution is 0.301. The monoisotopic (exact) mass is 287 g/mol. The quantitative estimate of drug-likeness (QED) is 0.938. The summed E-state index contributed by atoms with van der Waals surface area (Å²) in [5, 5.41) is 9.31. The Balaban J connectivity index is 2.15. The van der Waals surface area contributed by atoms with Gasteiger partial charge >= 0.3 is 0 Å². The van der Waals surface area contributed by atoms with Crippen molar-refractivity contribution in [3.63, 3.8) is 0 Å². The molecular formula is C15H14ClN3O. The number of pyridine rings is 1. The van der Waals surface area contributed by atoms with Gasteiger partial charge in [0.1, 0.15) is 12.4 Å². The number of hydrogen-bond acceptors (Lipinski definition) is 4. The molecule has 0 aliphatic rings. The molecule has 0 aliphatic heterocycles. The number of benzene rings is 1. The van der Waals surface area contributed by atoms with Crippen molar-refractivity contribution in [1.82, 2.24) is 4.98 Å². The number of nitrogens with two attached hydrogens (primary N) is 1. The second-order valence-corrected chi connectivity index (χ2v) is 4.72.